The number of carbonyl (C=O) groups is 1. The smallest absolute Gasteiger partial charge is 0.290 e. The molecule has 0 saturated carbocycles. The maximum atomic E-state index is 11.6. The Morgan fingerprint density at radius 1 is 1.53 bits per heavy atom. The first-order valence-electron chi connectivity index (χ1n) is 5.94. The zero-order valence-electron chi connectivity index (χ0n) is 11.6. The van der Waals surface area contributed by atoms with Crippen molar-refractivity contribution >= 4 is 16.0 Å². The molecule has 0 bridgehead atoms. The Bertz CT molecular complexity index is 423. The molecule has 19 heavy (non-hydrogen) atoms. The summed E-state index contributed by atoms with van der Waals surface area (Å²) in [5, 5.41) is 11.1. The van der Waals surface area contributed by atoms with E-state index < -0.39 is 22.0 Å². The number of hydrogen-bond donors (Lipinski definition) is 2. The van der Waals surface area contributed by atoms with Gasteiger partial charge < -0.3 is 5.11 Å². The molecular weight excluding hydrogens is 272 g/mol. The Balaban J connectivity index is 4.98. The van der Waals surface area contributed by atoms with Crippen LogP contribution in [-0.2, 0) is 14.9 Å². The molecule has 0 rings (SSSR count). The number of likely N-dealkylation sites (N-methyl/N-ethyl adjacent to an activating group) is 2. The van der Waals surface area contributed by atoms with Crippen molar-refractivity contribution in [2.75, 3.05) is 32.9 Å². The largest absolute Gasteiger partial charge is 0.386 e. The topological polar surface area (TPSA) is 94.9 Å². The Morgan fingerprint density at radius 2 is 2.05 bits per heavy atom. The van der Waals surface area contributed by atoms with Crippen LogP contribution < -0.4 is 0 Å². The molecule has 2 N–H and O–H groups in total. The molecule has 0 aromatic carbocycles. The highest BCUT2D eigenvalue weighted by Gasteiger charge is 2.33. The fourth-order valence-corrected chi connectivity index (χ4v) is 2.56. The number of nitrogens with zero attached hydrogens (tertiary/aromatic N) is 2. The number of aliphatic hydroxyl groups excluding tert-OH is 1. The van der Waals surface area contributed by atoms with Gasteiger partial charge in [0.15, 0.2) is 0 Å². The molecule has 7 nitrogen and oxygen atoms in total. The maximum absolute atomic E-state index is 11.6. The first kappa shape index (κ1) is 18.0. The van der Waals surface area contributed by atoms with Crippen LogP contribution in [0, 0.1) is 0 Å². The van der Waals surface area contributed by atoms with Crippen molar-refractivity contribution in [3.05, 3.63) is 12.7 Å². The quantitative estimate of drug-likeness (QED) is 0.276. The Labute approximate surface area is 114 Å². The second-order valence-corrected chi connectivity index (χ2v) is 6.21. The van der Waals surface area contributed by atoms with Crippen LogP contribution in [0.3, 0.4) is 0 Å². The number of rotatable bonds is 8. The van der Waals surface area contributed by atoms with E-state index in [9.17, 15) is 18.3 Å². The van der Waals surface area contributed by atoms with E-state index in [1.54, 1.807) is 14.1 Å². The summed E-state index contributed by atoms with van der Waals surface area (Å²) in [6, 6.07) is 0. The third-order valence-corrected chi connectivity index (χ3v) is 3.74. The van der Waals surface area contributed by atoms with Crippen LogP contribution in [0.25, 0.3) is 0 Å². The van der Waals surface area contributed by atoms with E-state index in [4.69, 9.17) is 4.55 Å². The second kappa shape index (κ2) is 6.99. The molecule has 8 heteroatoms. The summed E-state index contributed by atoms with van der Waals surface area (Å²) in [4.78, 5) is 11.6. The summed E-state index contributed by atoms with van der Waals surface area (Å²) in [6.07, 6.45) is 0.636. The van der Waals surface area contributed by atoms with Crippen molar-refractivity contribution in [3.63, 3.8) is 0 Å². The molecule has 0 radical (unpaired) electrons. The molecule has 112 valence electrons. The van der Waals surface area contributed by atoms with Crippen molar-refractivity contribution in [2.45, 2.75) is 19.4 Å². The van der Waals surface area contributed by atoms with Gasteiger partial charge in [-0.15, -0.1) is 0 Å². The van der Waals surface area contributed by atoms with Crippen LogP contribution in [-0.4, -0.2) is 72.6 Å². The zero-order chi connectivity index (χ0) is 15.3. The van der Waals surface area contributed by atoms with Crippen molar-refractivity contribution in [3.8, 4) is 0 Å². The van der Waals surface area contributed by atoms with Crippen LogP contribution >= 0.6 is 0 Å². The van der Waals surface area contributed by atoms with Gasteiger partial charge in [-0.1, -0.05) is 13.5 Å². The number of amides is 1. The van der Waals surface area contributed by atoms with Crippen LogP contribution in [0.1, 0.15) is 13.3 Å². The summed E-state index contributed by atoms with van der Waals surface area (Å²) in [7, 11) is -0.984. The Morgan fingerprint density at radius 3 is 2.42 bits per heavy atom. The van der Waals surface area contributed by atoms with E-state index >= 15 is 0 Å². The fourth-order valence-electron chi connectivity index (χ4n) is 1.97. The molecule has 2 unspecified atom stereocenters. The van der Waals surface area contributed by atoms with Crippen molar-refractivity contribution in [2.24, 2.45) is 0 Å². The molecule has 0 aromatic heterocycles. The molecule has 0 heterocycles. The first-order chi connectivity index (χ1) is 8.55. The van der Waals surface area contributed by atoms with E-state index in [2.05, 4.69) is 6.58 Å². The molecule has 0 aliphatic heterocycles. The second-order valence-electron chi connectivity index (χ2n) is 4.71. The summed E-state index contributed by atoms with van der Waals surface area (Å²) in [6.45, 7) is 5.85. The van der Waals surface area contributed by atoms with Gasteiger partial charge >= 0.3 is 0 Å². The average molecular weight is 295 g/mol. The third kappa shape index (κ3) is 6.15. The van der Waals surface area contributed by atoms with Gasteiger partial charge in [-0.25, -0.2) is 4.59 Å². The summed E-state index contributed by atoms with van der Waals surface area (Å²) in [5.74, 6) is -1.07. The van der Waals surface area contributed by atoms with E-state index in [-0.39, 0.29) is 17.0 Å². The van der Waals surface area contributed by atoms with Gasteiger partial charge in [0.25, 0.3) is 16.0 Å². The molecule has 0 fully saturated rings. The van der Waals surface area contributed by atoms with E-state index in [0.717, 1.165) is 12.5 Å². The van der Waals surface area contributed by atoms with Gasteiger partial charge in [-0.05, 0) is 6.42 Å². The molecule has 0 aromatic rings. The van der Waals surface area contributed by atoms with Crippen molar-refractivity contribution < 1.29 is 27.5 Å². The lowest BCUT2D eigenvalue weighted by Crippen LogP contribution is -2.61. The molecule has 0 spiro atoms. The molecule has 2 atom stereocenters. The lowest BCUT2D eigenvalue weighted by molar-refractivity contribution is -1.01. The summed E-state index contributed by atoms with van der Waals surface area (Å²) in [5.41, 5.74) is 0. The SMILES string of the molecule is C=CC(=O)N(C)[N+](C)(CCC)CC(O)CS(=O)(=O)O. The predicted molar refractivity (Wildman–Crippen MR) is 71.6 cm³/mol. The number of carbonyl (C=O) groups excluding carboxylic acids is 1. The summed E-state index contributed by atoms with van der Waals surface area (Å²) >= 11 is 0. The lowest BCUT2D eigenvalue weighted by atomic mass is 10.3. The van der Waals surface area contributed by atoms with E-state index in [1.165, 1.54) is 5.01 Å². The molecule has 0 aliphatic rings. The van der Waals surface area contributed by atoms with Crippen LogP contribution in [0.15, 0.2) is 12.7 Å². The van der Waals surface area contributed by atoms with Crippen LogP contribution in [0.2, 0.25) is 0 Å². The molecule has 0 aliphatic carbocycles. The fraction of sp³-hybridized carbons (Fsp3) is 0.727. The minimum absolute atomic E-state index is 0.00368. The van der Waals surface area contributed by atoms with Gasteiger partial charge in [0.1, 0.15) is 24.9 Å². The highest BCUT2D eigenvalue weighted by molar-refractivity contribution is 7.85. The molecular formula is C11H23N2O5S+. The molecule has 1 amide bonds. The minimum Gasteiger partial charge on any atom is -0.386 e. The maximum Gasteiger partial charge on any atom is 0.290 e. The zero-order valence-corrected chi connectivity index (χ0v) is 12.4. The first-order valence-corrected chi connectivity index (χ1v) is 7.55. The van der Waals surface area contributed by atoms with Crippen LogP contribution in [0.4, 0.5) is 0 Å². The van der Waals surface area contributed by atoms with Gasteiger partial charge in [0.05, 0.1) is 14.1 Å². The molecule has 0 saturated heterocycles. The van der Waals surface area contributed by atoms with Gasteiger partial charge in [0.2, 0.25) is 0 Å². The average Bonchev–Trinajstić information content (AvgIpc) is 2.24. The highest BCUT2D eigenvalue weighted by atomic mass is 32.2. The third-order valence-electron chi connectivity index (χ3n) is 2.93. The normalized spacial score (nSPS) is 16.5. The number of hydrogen-bond acceptors (Lipinski definition) is 4. The van der Waals surface area contributed by atoms with E-state index in [1.807, 2.05) is 6.92 Å². The van der Waals surface area contributed by atoms with Crippen molar-refractivity contribution in [1.29, 1.82) is 0 Å². The van der Waals surface area contributed by atoms with Crippen molar-refractivity contribution in [1.82, 2.24) is 5.01 Å². The minimum atomic E-state index is -4.25. The van der Waals surface area contributed by atoms with Gasteiger partial charge in [0, 0.05) is 6.08 Å². The lowest BCUT2D eigenvalue weighted by Gasteiger charge is -2.41. The Hall–Kier alpha value is -0.960. The highest BCUT2D eigenvalue weighted by Crippen LogP contribution is 2.12. The number of aliphatic hydroxyl groups is 1. The summed E-state index contributed by atoms with van der Waals surface area (Å²) < 4.78 is 30.2. The van der Waals surface area contributed by atoms with Crippen LogP contribution in [0.5, 0.6) is 0 Å². The van der Waals surface area contributed by atoms with E-state index in [0.29, 0.717) is 6.54 Å². The van der Waals surface area contributed by atoms with Gasteiger partial charge in [-0.3, -0.25) is 9.35 Å². The standard InChI is InChI=1S/C11H22N2O5S/c1-5-7-13(4,12(3)11(15)6-2)8-10(14)9-19(16,17)18/h6,10,14H,2,5,7-9H2,1,3-4H3/p+1. The Kier molecular flexibility index (Phi) is 6.64. The predicted octanol–water partition coefficient (Wildman–Crippen LogP) is -0.349. The van der Waals surface area contributed by atoms with Gasteiger partial charge in [-0.2, -0.15) is 13.4 Å². The monoisotopic (exact) mass is 295 g/mol. The number of quaternary nitrogens is 1.